The van der Waals surface area contributed by atoms with Crippen LogP contribution in [-0.2, 0) is 4.79 Å². The molecule has 0 N–H and O–H groups in total. The summed E-state index contributed by atoms with van der Waals surface area (Å²) in [5, 5.41) is 1.08. The molecular formula is C10H14N2OS. The third-order valence-electron chi connectivity index (χ3n) is 2.61. The third kappa shape index (κ3) is 1.80. The molecule has 4 heteroatoms. The zero-order chi connectivity index (χ0) is 10.1. The highest BCUT2D eigenvalue weighted by Gasteiger charge is 2.19. The number of carbonyl (C=O) groups is 1. The highest BCUT2D eigenvalue weighted by Crippen LogP contribution is 2.26. The van der Waals surface area contributed by atoms with Gasteiger partial charge >= 0.3 is 0 Å². The molecule has 0 amide bonds. The van der Waals surface area contributed by atoms with Gasteiger partial charge in [-0.15, -0.1) is 11.3 Å². The van der Waals surface area contributed by atoms with Crippen molar-refractivity contribution < 1.29 is 4.79 Å². The van der Waals surface area contributed by atoms with Crippen molar-refractivity contribution in [2.45, 2.75) is 26.7 Å². The molecule has 0 aromatic carbocycles. The van der Waals surface area contributed by atoms with Crippen molar-refractivity contribution in [1.29, 1.82) is 0 Å². The molecule has 0 aliphatic carbocycles. The fraction of sp³-hybridized carbons (Fsp3) is 0.600. The molecule has 1 aromatic rings. The highest BCUT2D eigenvalue weighted by molar-refractivity contribution is 7.15. The maximum absolute atomic E-state index is 11.1. The van der Waals surface area contributed by atoms with Crippen LogP contribution in [0.1, 0.15) is 23.4 Å². The number of rotatable bonds is 1. The molecule has 1 aliphatic rings. The van der Waals surface area contributed by atoms with Gasteiger partial charge in [-0.05, 0) is 13.8 Å². The lowest BCUT2D eigenvalue weighted by Crippen LogP contribution is -2.33. The molecule has 0 spiro atoms. The van der Waals surface area contributed by atoms with Gasteiger partial charge < -0.3 is 4.90 Å². The van der Waals surface area contributed by atoms with Crippen molar-refractivity contribution >= 4 is 22.3 Å². The van der Waals surface area contributed by atoms with Crippen LogP contribution in [0.15, 0.2) is 0 Å². The van der Waals surface area contributed by atoms with Gasteiger partial charge in [0.2, 0.25) is 0 Å². The van der Waals surface area contributed by atoms with E-state index in [1.807, 2.05) is 6.92 Å². The van der Waals surface area contributed by atoms with Gasteiger partial charge in [-0.1, -0.05) is 0 Å². The largest absolute Gasteiger partial charge is 0.347 e. The van der Waals surface area contributed by atoms with E-state index in [0.717, 1.165) is 23.9 Å². The minimum atomic E-state index is 0.381. The Balaban J connectivity index is 2.12. The van der Waals surface area contributed by atoms with E-state index in [4.69, 9.17) is 0 Å². The van der Waals surface area contributed by atoms with Crippen LogP contribution in [0.2, 0.25) is 0 Å². The number of aryl methyl sites for hydroxylation is 2. The van der Waals surface area contributed by atoms with Crippen molar-refractivity contribution in [1.82, 2.24) is 4.98 Å². The maximum Gasteiger partial charge on any atom is 0.185 e. The van der Waals surface area contributed by atoms with Gasteiger partial charge in [-0.25, -0.2) is 4.98 Å². The average Bonchev–Trinajstić information content (AvgIpc) is 2.48. The molecule has 0 bridgehead atoms. The molecule has 0 saturated carbocycles. The van der Waals surface area contributed by atoms with Gasteiger partial charge in [-0.3, -0.25) is 4.79 Å². The van der Waals surface area contributed by atoms with Crippen molar-refractivity contribution in [3.63, 3.8) is 0 Å². The topological polar surface area (TPSA) is 33.2 Å². The Morgan fingerprint density at radius 2 is 1.93 bits per heavy atom. The molecule has 1 aromatic heterocycles. The summed E-state index contributed by atoms with van der Waals surface area (Å²) >= 11 is 1.73. The Morgan fingerprint density at radius 3 is 2.43 bits per heavy atom. The fourth-order valence-electron chi connectivity index (χ4n) is 1.54. The summed E-state index contributed by atoms with van der Waals surface area (Å²) in [5.41, 5.74) is 1.11. The number of carbonyl (C=O) groups excluding carboxylic acids is 1. The van der Waals surface area contributed by atoms with Crippen LogP contribution in [0.4, 0.5) is 5.13 Å². The van der Waals surface area contributed by atoms with E-state index in [-0.39, 0.29) is 0 Å². The standard InChI is InChI=1S/C10H14N2OS/c1-7-8(2)14-10(11-7)12-5-3-9(13)4-6-12/h3-6H2,1-2H3. The van der Waals surface area contributed by atoms with Crippen molar-refractivity contribution in [3.05, 3.63) is 10.6 Å². The first kappa shape index (κ1) is 9.65. The summed E-state index contributed by atoms with van der Waals surface area (Å²) in [6.07, 6.45) is 1.36. The molecule has 1 aliphatic heterocycles. The van der Waals surface area contributed by atoms with Crippen LogP contribution in [0.25, 0.3) is 0 Å². The molecule has 76 valence electrons. The predicted octanol–water partition coefficient (Wildman–Crippen LogP) is 1.93. The fourth-order valence-corrected chi connectivity index (χ4v) is 2.50. The second-order valence-electron chi connectivity index (χ2n) is 3.66. The second-order valence-corrected chi connectivity index (χ2v) is 4.85. The number of piperidine rings is 1. The van der Waals surface area contributed by atoms with Gasteiger partial charge in [0.05, 0.1) is 5.69 Å². The van der Waals surface area contributed by atoms with E-state index in [1.165, 1.54) is 4.88 Å². The van der Waals surface area contributed by atoms with E-state index in [2.05, 4.69) is 16.8 Å². The molecule has 14 heavy (non-hydrogen) atoms. The van der Waals surface area contributed by atoms with Gasteiger partial charge in [0.1, 0.15) is 5.78 Å². The van der Waals surface area contributed by atoms with E-state index < -0.39 is 0 Å². The lowest BCUT2D eigenvalue weighted by Gasteiger charge is -2.25. The van der Waals surface area contributed by atoms with Crippen LogP contribution in [0, 0.1) is 13.8 Å². The Kier molecular flexibility index (Phi) is 2.54. The molecular weight excluding hydrogens is 196 g/mol. The van der Waals surface area contributed by atoms with Crippen LogP contribution in [-0.4, -0.2) is 23.9 Å². The minimum Gasteiger partial charge on any atom is -0.347 e. The first-order valence-electron chi connectivity index (χ1n) is 4.87. The summed E-state index contributed by atoms with van der Waals surface area (Å²) in [5.74, 6) is 0.381. The van der Waals surface area contributed by atoms with Crippen LogP contribution < -0.4 is 4.90 Å². The molecule has 0 unspecified atom stereocenters. The number of thiazole rings is 1. The van der Waals surface area contributed by atoms with Crippen molar-refractivity contribution in [2.75, 3.05) is 18.0 Å². The maximum atomic E-state index is 11.1. The summed E-state index contributed by atoms with van der Waals surface area (Å²) in [7, 11) is 0. The van der Waals surface area contributed by atoms with Gasteiger partial charge in [0.25, 0.3) is 0 Å². The van der Waals surface area contributed by atoms with Crippen LogP contribution in [0.5, 0.6) is 0 Å². The number of hydrogen-bond donors (Lipinski definition) is 0. The zero-order valence-electron chi connectivity index (χ0n) is 8.54. The number of ketones is 1. The lowest BCUT2D eigenvalue weighted by atomic mass is 10.1. The number of Topliss-reactive ketones (excluding diaryl/α,β-unsaturated/α-hetero) is 1. The van der Waals surface area contributed by atoms with Gasteiger partial charge in [0, 0.05) is 30.8 Å². The first-order chi connectivity index (χ1) is 6.66. The lowest BCUT2D eigenvalue weighted by molar-refractivity contribution is -0.119. The SMILES string of the molecule is Cc1nc(N2CCC(=O)CC2)sc1C. The van der Waals surface area contributed by atoms with E-state index in [1.54, 1.807) is 11.3 Å². The number of aromatic nitrogens is 1. The number of hydrogen-bond acceptors (Lipinski definition) is 4. The van der Waals surface area contributed by atoms with E-state index in [9.17, 15) is 4.79 Å². The van der Waals surface area contributed by atoms with Gasteiger partial charge in [-0.2, -0.15) is 0 Å². The Hall–Kier alpha value is -0.900. The van der Waals surface area contributed by atoms with Crippen LogP contribution in [0.3, 0.4) is 0 Å². The normalized spacial score (nSPS) is 17.6. The summed E-state index contributed by atoms with van der Waals surface area (Å²) in [6, 6.07) is 0. The van der Waals surface area contributed by atoms with Crippen molar-refractivity contribution in [2.24, 2.45) is 0 Å². The number of anilines is 1. The Labute approximate surface area is 87.8 Å². The highest BCUT2D eigenvalue weighted by atomic mass is 32.1. The van der Waals surface area contributed by atoms with E-state index >= 15 is 0 Å². The Morgan fingerprint density at radius 1 is 1.29 bits per heavy atom. The van der Waals surface area contributed by atoms with E-state index in [0.29, 0.717) is 18.6 Å². The summed E-state index contributed by atoms with van der Waals surface area (Å²) in [6.45, 7) is 5.80. The third-order valence-corrected chi connectivity index (χ3v) is 3.74. The summed E-state index contributed by atoms with van der Waals surface area (Å²) < 4.78 is 0. The molecule has 0 atom stereocenters. The molecule has 2 heterocycles. The summed E-state index contributed by atoms with van der Waals surface area (Å²) in [4.78, 5) is 19.0. The minimum absolute atomic E-state index is 0.381. The molecule has 1 saturated heterocycles. The van der Waals surface area contributed by atoms with Crippen LogP contribution >= 0.6 is 11.3 Å². The zero-order valence-corrected chi connectivity index (χ0v) is 9.36. The molecule has 1 fully saturated rings. The smallest absolute Gasteiger partial charge is 0.185 e. The quantitative estimate of drug-likeness (QED) is 0.710. The first-order valence-corrected chi connectivity index (χ1v) is 5.69. The average molecular weight is 210 g/mol. The molecule has 2 rings (SSSR count). The monoisotopic (exact) mass is 210 g/mol. The van der Waals surface area contributed by atoms with Crippen molar-refractivity contribution in [3.8, 4) is 0 Å². The Bertz CT molecular complexity index is 330. The predicted molar refractivity (Wildman–Crippen MR) is 58.0 cm³/mol. The molecule has 3 nitrogen and oxygen atoms in total. The second kappa shape index (κ2) is 3.69. The number of nitrogens with zero attached hydrogens (tertiary/aromatic N) is 2. The molecule has 0 radical (unpaired) electrons. The van der Waals surface area contributed by atoms with Gasteiger partial charge in [0.15, 0.2) is 5.13 Å².